The summed E-state index contributed by atoms with van der Waals surface area (Å²) in [7, 11) is 0. The zero-order valence-electron chi connectivity index (χ0n) is 13.5. The van der Waals surface area contributed by atoms with Crippen LogP contribution in [0, 0.1) is 5.92 Å². The molecular formula is C17H20O5S. The first-order valence-electron chi connectivity index (χ1n) is 7.60. The molecule has 0 bridgehead atoms. The molecule has 0 spiro atoms. The number of hydrogen-bond donors (Lipinski definition) is 0. The molecule has 1 saturated carbocycles. The van der Waals surface area contributed by atoms with Crippen LogP contribution in [-0.4, -0.2) is 24.4 Å². The van der Waals surface area contributed by atoms with Gasteiger partial charge in [0.2, 0.25) is 5.76 Å². The summed E-state index contributed by atoms with van der Waals surface area (Å²) < 4.78 is 16.1. The lowest BCUT2D eigenvalue weighted by atomic mass is 9.91. The van der Waals surface area contributed by atoms with Crippen LogP contribution in [0.4, 0.5) is 0 Å². The van der Waals surface area contributed by atoms with Gasteiger partial charge in [-0.3, -0.25) is 0 Å². The van der Waals surface area contributed by atoms with E-state index in [0.29, 0.717) is 24.0 Å². The molecule has 2 aliphatic rings. The minimum absolute atomic E-state index is 0.330. The van der Waals surface area contributed by atoms with Crippen molar-refractivity contribution in [1.29, 1.82) is 0 Å². The summed E-state index contributed by atoms with van der Waals surface area (Å²) in [5.74, 6) is 1.10. The second-order valence-electron chi connectivity index (χ2n) is 6.20. The average molecular weight is 336 g/mol. The molecule has 0 atom stereocenters. The van der Waals surface area contributed by atoms with Gasteiger partial charge < -0.3 is 14.4 Å². The highest BCUT2D eigenvalue weighted by Crippen LogP contribution is 2.41. The maximum atomic E-state index is 12.2. The van der Waals surface area contributed by atoms with Crippen molar-refractivity contribution in [2.75, 3.05) is 12.9 Å². The predicted molar refractivity (Wildman–Crippen MR) is 87.4 cm³/mol. The summed E-state index contributed by atoms with van der Waals surface area (Å²) in [6.45, 7) is 4.32. The van der Waals surface area contributed by atoms with Gasteiger partial charge in [0.15, 0.2) is 5.75 Å². The maximum Gasteiger partial charge on any atom is 0.374 e. The highest BCUT2D eigenvalue weighted by molar-refractivity contribution is 7.93. The Morgan fingerprint density at radius 1 is 1.26 bits per heavy atom. The van der Waals surface area contributed by atoms with Gasteiger partial charge in [-0.2, -0.15) is 0 Å². The smallest absolute Gasteiger partial charge is 0.374 e. The van der Waals surface area contributed by atoms with E-state index in [9.17, 15) is 4.79 Å². The van der Waals surface area contributed by atoms with Crippen molar-refractivity contribution in [3.8, 4) is 5.75 Å². The van der Waals surface area contributed by atoms with Crippen LogP contribution in [0.5, 0.6) is 5.75 Å². The summed E-state index contributed by atoms with van der Waals surface area (Å²) in [4.78, 5) is 17.2. The first kappa shape index (κ1) is 16.2. The van der Waals surface area contributed by atoms with Crippen molar-refractivity contribution < 1.29 is 23.5 Å². The first-order chi connectivity index (χ1) is 11.0. The normalized spacial score (nSPS) is 19.7. The van der Waals surface area contributed by atoms with E-state index in [1.165, 1.54) is 12.8 Å². The van der Waals surface area contributed by atoms with Gasteiger partial charge in [0.25, 0.3) is 0 Å². The number of esters is 1. The average Bonchev–Trinajstić information content (AvgIpc) is 3.30. The van der Waals surface area contributed by atoms with E-state index in [0.717, 1.165) is 23.2 Å². The van der Waals surface area contributed by atoms with Gasteiger partial charge in [-0.15, -0.1) is 4.33 Å². The fraction of sp³-hybridized carbons (Fsp3) is 0.471. The van der Waals surface area contributed by atoms with Crippen LogP contribution in [0.2, 0.25) is 0 Å². The molecule has 124 valence electrons. The van der Waals surface area contributed by atoms with Gasteiger partial charge in [-0.05, 0) is 50.3 Å². The minimum atomic E-state index is -0.714. The molecule has 1 heterocycles. The molecule has 3 rings (SSSR count). The second kappa shape index (κ2) is 6.45. The van der Waals surface area contributed by atoms with E-state index in [-0.39, 0.29) is 0 Å². The quantitative estimate of drug-likeness (QED) is 0.327. The lowest BCUT2D eigenvalue weighted by Gasteiger charge is -2.21. The van der Waals surface area contributed by atoms with Crippen LogP contribution in [0.3, 0.4) is 0 Å². The summed E-state index contributed by atoms with van der Waals surface area (Å²) in [5.41, 5.74) is 0.942. The largest absolute Gasteiger partial charge is 0.486 e. The molecular weight excluding hydrogens is 316 g/mol. The Kier molecular flexibility index (Phi) is 4.55. The Morgan fingerprint density at radius 2 is 1.96 bits per heavy atom. The molecule has 6 heteroatoms. The second-order valence-corrected chi connectivity index (χ2v) is 6.67. The SMILES string of the molecule is CSOOc1ccc(C2=C(OCC3CC3)C(=O)OC2(C)C)cc1. The fourth-order valence-corrected chi connectivity index (χ4v) is 2.70. The number of hydrogen-bond acceptors (Lipinski definition) is 6. The van der Waals surface area contributed by atoms with E-state index >= 15 is 0 Å². The van der Waals surface area contributed by atoms with E-state index < -0.39 is 11.6 Å². The molecule has 1 fully saturated rings. The molecule has 5 nitrogen and oxygen atoms in total. The van der Waals surface area contributed by atoms with Gasteiger partial charge in [0.05, 0.1) is 12.2 Å². The van der Waals surface area contributed by atoms with Gasteiger partial charge in [-0.1, -0.05) is 12.1 Å². The molecule has 0 N–H and O–H groups in total. The molecule has 1 aromatic rings. The van der Waals surface area contributed by atoms with Crippen LogP contribution in [0.15, 0.2) is 30.0 Å². The maximum absolute atomic E-state index is 12.2. The third kappa shape index (κ3) is 3.64. The van der Waals surface area contributed by atoms with Gasteiger partial charge in [0, 0.05) is 18.3 Å². The number of ether oxygens (including phenoxy) is 2. The number of carbonyl (C=O) groups is 1. The molecule has 0 amide bonds. The Bertz CT molecular complexity index is 616. The van der Waals surface area contributed by atoms with E-state index in [1.54, 1.807) is 18.4 Å². The molecule has 0 radical (unpaired) electrons. The molecule has 0 saturated heterocycles. The van der Waals surface area contributed by atoms with Crippen LogP contribution >= 0.6 is 12.0 Å². The molecule has 0 aromatic heterocycles. The van der Waals surface area contributed by atoms with Crippen molar-refractivity contribution in [1.82, 2.24) is 0 Å². The van der Waals surface area contributed by atoms with Crippen molar-refractivity contribution in [2.24, 2.45) is 5.92 Å². The highest BCUT2D eigenvalue weighted by Gasteiger charge is 2.43. The van der Waals surface area contributed by atoms with Crippen LogP contribution < -0.4 is 4.89 Å². The third-order valence-electron chi connectivity index (χ3n) is 3.86. The molecule has 1 aliphatic heterocycles. The standard InChI is InChI=1S/C17H20O5S/c1-17(2)14(12-6-8-13(9-7-12)21-22-23-3)15(16(18)20-17)19-10-11-4-5-11/h6-9,11H,4-5,10H2,1-3H3. The first-order valence-corrected chi connectivity index (χ1v) is 8.75. The van der Waals surface area contributed by atoms with Crippen LogP contribution in [-0.2, 0) is 18.6 Å². The summed E-state index contributed by atoms with van der Waals surface area (Å²) >= 11 is 1.13. The zero-order valence-corrected chi connectivity index (χ0v) is 14.3. The summed E-state index contributed by atoms with van der Waals surface area (Å²) in [6.07, 6.45) is 4.11. The Labute approximate surface area is 140 Å². The Balaban J connectivity index is 1.86. The Hall–Kier alpha value is -1.66. The van der Waals surface area contributed by atoms with Crippen LogP contribution in [0.25, 0.3) is 5.57 Å². The van der Waals surface area contributed by atoms with Crippen LogP contribution in [0.1, 0.15) is 32.3 Å². The summed E-state index contributed by atoms with van der Waals surface area (Å²) in [5, 5.41) is 0. The monoisotopic (exact) mass is 336 g/mol. The van der Waals surface area contributed by atoms with E-state index in [4.69, 9.17) is 18.7 Å². The number of benzene rings is 1. The van der Waals surface area contributed by atoms with Gasteiger partial charge in [-0.25, -0.2) is 4.79 Å². The lowest BCUT2D eigenvalue weighted by Crippen LogP contribution is -2.22. The van der Waals surface area contributed by atoms with Crippen molar-refractivity contribution >= 4 is 23.6 Å². The van der Waals surface area contributed by atoms with Gasteiger partial charge >= 0.3 is 5.97 Å². The highest BCUT2D eigenvalue weighted by atomic mass is 32.2. The fourth-order valence-electron chi connectivity index (χ4n) is 2.55. The molecule has 1 aromatic carbocycles. The van der Waals surface area contributed by atoms with Crippen molar-refractivity contribution in [3.05, 3.63) is 35.6 Å². The van der Waals surface area contributed by atoms with E-state index in [2.05, 4.69) is 0 Å². The topological polar surface area (TPSA) is 54.0 Å². The molecule has 23 heavy (non-hydrogen) atoms. The molecule has 0 unspecified atom stereocenters. The minimum Gasteiger partial charge on any atom is -0.486 e. The van der Waals surface area contributed by atoms with Crippen molar-refractivity contribution in [3.63, 3.8) is 0 Å². The summed E-state index contributed by atoms with van der Waals surface area (Å²) in [6, 6.07) is 7.32. The number of cyclic esters (lactones) is 1. The van der Waals surface area contributed by atoms with E-state index in [1.807, 2.05) is 26.0 Å². The van der Waals surface area contributed by atoms with Gasteiger partial charge in [0.1, 0.15) is 5.60 Å². The Morgan fingerprint density at radius 3 is 2.57 bits per heavy atom. The van der Waals surface area contributed by atoms with Crippen molar-refractivity contribution in [2.45, 2.75) is 32.3 Å². The predicted octanol–water partition coefficient (Wildman–Crippen LogP) is 3.75. The zero-order chi connectivity index (χ0) is 16.4. The lowest BCUT2D eigenvalue weighted by molar-refractivity contribution is -0.147. The molecule has 1 aliphatic carbocycles. The third-order valence-corrected chi connectivity index (χ3v) is 4.07. The number of rotatable bonds is 7. The number of carbonyl (C=O) groups excluding carboxylic acids is 1.